The summed E-state index contributed by atoms with van der Waals surface area (Å²) in [6, 6.07) is 0. The van der Waals surface area contributed by atoms with E-state index in [2.05, 4.69) is 0 Å². The van der Waals surface area contributed by atoms with Crippen molar-refractivity contribution < 1.29 is 17.5 Å². The molecule has 0 fully saturated rings. The molecule has 4 nitrogen and oxygen atoms in total. The Morgan fingerprint density at radius 1 is 1.14 bits per heavy atom. The third-order valence-corrected chi connectivity index (χ3v) is 0. The van der Waals surface area contributed by atoms with Gasteiger partial charge in [0.2, 0.25) is 0 Å². The first-order chi connectivity index (χ1) is 2.00. The number of rotatable bonds is 0. The zero-order valence-corrected chi connectivity index (χ0v) is 8.85. The van der Waals surface area contributed by atoms with E-state index in [-0.39, 0.29) is 67.3 Å². The third-order valence-electron chi connectivity index (χ3n) is 0. The SMILES string of the molecule is O=S(=O)(O)O.[Ca].[Na]. The summed E-state index contributed by atoms with van der Waals surface area (Å²) in [5.74, 6) is 0. The Balaban J connectivity index is -0.0000000800. The molecule has 2 N–H and O–H groups in total. The van der Waals surface area contributed by atoms with Gasteiger partial charge in [0.15, 0.2) is 0 Å². The first kappa shape index (κ1) is 16.1. The molecular weight excluding hydrogens is 159 g/mol. The van der Waals surface area contributed by atoms with Gasteiger partial charge in [-0.3, -0.25) is 9.11 Å². The van der Waals surface area contributed by atoms with Crippen molar-refractivity contribution in [2.45, 2.75) is 0 Å². The van der Waals surface area contributed by atoms with Crippen LogP contribution < -0.4 is 0 Å². The fourth-order valence-corrected chi connectivity index (χ4v) is 0. The summed E-state index contributed by atoms with van der Waals surface area (Å²) in [5.41, 5.74) is 0. The fraction of sp³-hybridized carbons (Fsp3) is 0. The summed E-state index contributed by atoms with van der Waals surface area (Å²) in [4.78, 5) is 0. The van der Waals surface area contributed by atoms with Crippen LogP contribution in [0.5, 0.6) is 0 Å². The Bertz CT molecular complexity index is 94.9. The molecule has 0 aromatic rings. The minimum atomic E-state index is -4.67. The van der Waals surface area contributed by atoms with Crippen LogP contribution >= 0.6 is 0 Å². The van der Waals surface area contributed by atoms with Crippen molar-refractivity contribution in [1.82, 2.24) is 0 Å². The first-order valence-corrected chi connectivity index (χ1v) is 2.10. The van der Waals surface area contributed by atoms with Crippen LogP contribution in [0.25, 0.3) is 0 Å². The minimum absolute atomic E-state index is 0. The molecular formula is H2CaNaO4S. The van der Waals surface area contributed by atoms with Gasteiger partial charge >= 0.3 is 10.4 Å². The third kappa shape index (κ3) is 67.3. The van der Waals surface area contributed by atoms with Gasteiger partial charge in [0.1, 0.15) is 0 Å². The van der Waals surface area contributed by atoms with Gasteiger partial charge in [0.05, 0.1) is 0 Å². The van der Waals surface area contributed by atoms with Crippen LogP contribution in [-0.2, 0) is 10.4 Å². The molecule has 0 aromatic carbocycles. The van der Waals surface area contributed by atoms with Crippen LogP contribution in [0.3, 0.4) is 0 Å². The van der Waals surface area contributed by atoms with E-state index in [1.54, 1.807) is 0 Å². The van der Waals surface area contributed by atoms with Gasteiger partial charge in [0, 0.05) is 67.3 Å². The van der Waals surface area contributed by atoms with Gasteiger partial charge < -0.3 is 0 Å². The second kappa shape index (κ2) is 6.25. The second-order valence-electron chi connectivity index (χ2n) is 0.448. The van der Waals surface area contributed by atoms with E-state index in [0.717, 1.165) is 0 Å². The molecule has 3 radical (unpaired) electrons. The fourth-order valence-electron chi connectivity index (χ4n) is 0. The normalized spacial score (nSPS) is 8.29. The van der Waals surface area contributed by atoms with E-state index in [9.17, 15) is 0 Å². The van der Waals surface area contributed by atoms with Crippen molar-refractivity contribution in [3.8, 4) is 0 Å². The maximum Gasteiger partial charge on any atom is 0.394 e. The molecule has 0 heterocycles. The van der Waals surface area contributed by atoms with Crippen molar-refractivity contribution in [3.63, 3.8) is 0 Å². The molecule has 0 aliphatic carbocycles. The molecule has 0 amide bonds. The average Bonchev–Trinajstić information content (AvgIpc) is 0.722. The van der Waals surface area contributed by atoms with E-state index in [1.165, 1.54) is 0 Å². The summed E-state index contributed by atoms with van der Waals surface area (Å²) < 4.78 is 31.6. The molecule has 0 aliphatic heterocycles. The van der Waals surface area contributed by atoms with Crippen molar-refractivity contribution in [1.29, 1.82) is 0 Å². The molecule has 0 saturated heterocycles. The molecule has 0 aliphatic rings. The largest absolute Gasteiger partial charge is 0.394 e. The quantitative estimate of drug-likeness (QED) is 0.338. The van der Waals surface area contributed by atoms with Gasteiger partial charge in [-0.15, -0.1) is 0 Å². The predicted octanol–water partition coefficient (Wildman–Crippen LogP) is -1.41. The van der Waals surface area contributed by atoms with Gasteiger partial charge in [-0.1, -0.05) is 0 Å². The van der Waals surface area contributed by atoms with E-state index in [1.807, 2.05) is 0 Å². The summed E-state index contributed by atoms with van der Waals surface area (Å²) in [5, 5.41) is 0. The minimum Gasteiger partial charge on any atom is -0.264 e. The molecule has 0 atom stereocenters. The first-order valence-electron chi connectivity index (χ1n) is 0.698. The average molecular weight is 161 g/mol. The van der Waals surface area contributed by atoms with Crippen molar-refractivity contribution in [2.24, 2.45) is 0 Å². The van der Waals surface area contributed by atoms with Crippen LogP contribution in [0, 0.1) is 0 Å². The topological polar surface area (TPSA) is 74.6 Å². The molecule has 7 heavy (non-hydrogen) atoms. The summed E-state index contributed by atoms with van der Waals surface area (Å²) >= 11 is 0. The number of hydrogen-bond acceptors (Lipinski definition) is 2. The van der Waals surface area contributed by atoms with Gasteiger partial charge in [-0.25, -0.2) is 0 Å². The van der Waals surface area contributed by atoms with Gasteiger partial charge in [-0.05, 0) is 0 Å². The smallest absolute Gasteiger partial charge is 0.264 e. The van der Waals surface area contributed by atoms with E-state index in [4.69, 9.17) is 17.5 Å². The molecule has 0 aromatic heterocycles. The van der Waals surface area contributed by atoms with Crippen molar-refractivity contribution in [2.75, 3.05) is 0 Å². The second-order valence-corrected chi connectivity index (χ2v) is 1.34. The summed E-state index contributed by atoms with van der Waals surface area (Å²) in [6.07, 6.45) is 0. The van der Waals surface area contributed by atoms with E-state index < -0.39 is 10.4 Å². The predicted molar refractivity (Wildman–Crippen MR) is 25.7 cm³/mol. The Morgan fingerprint density at radius 2 is 1.14 bits per heavy atom. The van der Waals surface area contributed by atoms with Crippen molar-refractivity contribution in [3.05, 3.63) is 0 Å². The van der Waals surface area contributed by atoms with Gasteiger partial charge in [-0.2, -0.15) is 8.42 Å². The Morgan fingerprint density at radius 3 is 1.14 bits per heavy atom. The maximum absolute atomic E-state index is 8.74. The number of hydrogen-bond donors (Lipinski definition) is 2. The molecule has 0 saturated carbocycles. The van der Waals surface area contributed by atoms with E-state index in [0.29, 0.717) is 0 Å². The van der Waals surface area contributed by atoms with Crippen LogP contribution in [0.4, 0.5) is 0 Å². The van der Waals surface area contributed by atoms with Crippen molar-refractivity contribution >= 4 is 77.7 Å². The molecule has 0 rings (SSSR count). The molecule has 0 spiro atoms. The van der Waals surface area contributed by atoms with Crippen LogP contribution in [0.1, 0.15) is 0 Å². The maximum atomic E-state index is 8.74. The Hall–Kier alpha value is 2.13. The Kier molecular flexibility index (Phi) is 14.3. The summed E-state index contributed by atoms with van der Waals surface area (Å²) in [7, 11) is -4.67. The zero-order valence-electron chi connectivity index (χ0n) is 3.83. The van der Waals surface area contributed by atoms with Crippen LogP contribution in [0.2, 0.25) is 0 Å². The molecule has 7 heteroatoms. The van der Waals surface area contributed by atoms with E-state index >= 15 is 0 Å². The van der Waals surface area contributed by atoms with Gasteiger partial charge in [0.25, 0.3) is 0 Å². The molecule has 35 valence electrons. The molecule has 0 unspecified atom stereocenters. The van der Waals surface area contributed by atoms with Crippen LogP contribution in [0.15, 0.2) is 0 Å². The zero-order chi connectivity index (χ0) is 4.50. The van der Waals surface area contributed by atoms with Crippen LogP contribution in [-0.4, -0.2) is 84.8 Å². The monoisotopic (exact) mass is 161 g/mol. The summed E-state index contributed by atoms with van der Waals surface area (Å²) in [6.45, 7) is 0. The Labute approximate surface area is 93.5 Å². The molecule has 0 bridgehead atoms. The standard InChI is InChI=1S/Ca.Na.H2O4S/c;;1-5(2,3)4/h;;(H2,1,2,3,4).